The lowest BCUT2D eigenvalue weighted by Crippen LogP contribution is -2.38. The smallest absolute Gasteiger partial charge is 0.243 e. The molecule has 0 bridgehead atoms. The van der Waals surface area contributed by atoms with Gasteiger partial charge in [0.05, 0.1) is 17.1 Å². The number of nitrogens with zero attached hydrogens (tertiary/aromatic N) is 3. The lowest BCUT2D eigenvalue weighted by atomic mass is 10.2. The van der Waals surface area contributed by atoms with Gasteiger partial charge in [0.25, 0.3) is 0 Å². The zero-order valence-corrected chi connectivity index (χ0v) is 17.6. The zero-order valence-electron chi connectivity index (χ0n) is 16.8. The van der Waals surface area contributed by atoms with E-state index in [0.717, 1.165) is 50.6 Å². The second-order valence-corrected chi connectivity index (χ2v) is 10.0. The fourth-order valence-electron chi connectivity index (χ4n) is 4.89. The van der Waals surface area contributed by atoms with Crippen LogP contribution in [0.1, 0.15) is 49.1 Å². The van der Waals surface area contributed by atoms with E-state index >= 15 is 0 Å². The molecular weight excluding hydrogens is 390 g/mol. The SMILES string of the molecule is Cn1nc(CN(C2CCCC2)S(=O)(=O)c2ccc3c(c2)OCCO3)c2c1CCC2. The van der Waals surface area contributed by atoms with Crippen LogP contribution in [-0.4, -0.2) is 41.8 Å². The number of ether oxygens (including phenoxy) is 2. The highest BCUT2D eigenvalue weighted by Gasteiger charge is 2.36. The van der Waals surface area contributed by atoms with E-state index in [0.29, 0.717) is 31.3 Å². The van der Waals surface area contributed by atoms with Gasteiger partial charge in [0.2, 0.25) is 10.0 Å². The highest BCUT2D eigenvalue weighted by Crippen LogP contribution is 2.36. The number of aromatic nitrogens is 2. The molecule has 0 spiro atoms. The van der Waals surface area contributed by atoms with Crippen LogP contribution in [0.25, 0.3) is 0 Å². The Morgan fingerprint density at radius 1 is 1.10 bits per heavy atom. The number of fused-ring (bicyclic) bond motifs is 2. The first-order valence-electron chi connectivity index (χ1n) is 10.5. The molecule has 0 N–H and O–H groups in total. The summed E-state index contributed by atoms with van der Waals surface area (Å²) in [5.74, 6) is 1.10. The number of hydrogen-bond acceptors (Lipinski definition) is 5. The Hall–Kier alpha value is -2.06. The number of hydrogen-bond donors (Lipinski definition) is 0. The van der Waals surface area contributed by atoms with Crippen LogP contribution in [0, 0.1) is 0 Å². The Morgan fingerprint density at radius 2 is 1.86 bits per heavy atom. The lowest BCUT2D eigenvalue weighted by molar-refractivity contribution is 0.171. The minimum atomic E-state index is -3.68. The van der Waals surface area contributed by atoms with E-state index in [4.69, 9.17) is 9.47 Å². The molecule has 2 aromatic rings. The maximum absolute atomic E-state index is 13.7. The molecule has 5 rings (SSSR count). The summed E-state index contributed by atoms with van der Waals surface area (Å²) in [5, 5.41) is 4.69. The van der Waals surface area contributed by atoms with Gasteiger partial charge in [-0.2, -0.15) is 9.40 Å². The Balaban J connectivity index is 1.52. The van der Waals surface area contributed by atoms with Gasteiger partial charge in [-0.25, -0.2) is 8.42 Å². The van der Waals surface area contributed by atoms with Crippen LogP contribution in [-0.2, 0) is 36.5 Å². The fraction of sp³-hybridized carbons (Fsp3) is 0.571. The van der Waals surface area contributed by atoms with Gasteiger partial charge in [-0.3, -0.25) is 4.68 Å². The molecule has 29 heavy (non-hydrogen) atoms. The van der Waals surface area contributed by atoms with Crippen molar-refractivity contribution < 1.29 is 17.9 Å². The summed E-state index contributed by atoms with van der Waals surface area (Å²) in [6, 6.07) is 4.96. The molecular formula is C21H27N3O4S. The van der Waals surface area contributed by atoms with E-state index in [2.05, 4.69) is 5.10 Å². The van der Waals surface area contributed by atoms with Crippen molar-refractivity contribution in [3.05, 3.63) is 35.2 Å². The second kappa shape index (κ2) is 7.32. The van der Waals surface area contributed by atoms with Gasteiger partial charge in [-0.15, -0.1) is 0 Å². The molecule has 1 saturated carbocycles. The van der Waals surface area contributed by atoms with Gasteiger partial charge in [0.15, 0.2) is 11.5 Å². The van der Waals surface area contributed by atoms with Gasteiger partial charge >= 0.3 is 0 Å². The average molecular weight is 418 g/mol. The van der Waals surface area contributed by atoms with E-state index < -0.39 is 10.0 Å². The van der Waals surface area contributed by atoms with E-state index in [1.54, 1.807) is 22.5 Å². The first kappa shape index (κ1) is 18.9. The van der Waals surface area contributed by atoms with Crippen molar-refractivity contribution in [2.45, 2.75) is 62.4 Å². The highest BCUT2D eigenvalue weighted by molar-refractivity contribution is 7.89. The average Bonchev–Trinajstić information content (AvgIpc) is 3.46. The van der Waals surface area contributed by atoms with Crippen molar-refractivity contribution in [1.29, 1.82) is 0 Å². The summed E-state index contributed by atoms with van der Waals surface area (Å²) >= 11 is 0. The number of sulfonamides is 1. The number of rotatable bonds is 5. The molecule has 1 aromatic carbocycles. The minimum absolute atomic E-state index is 0.0206. The fourth-order valence-corrected chi connectivity index (χ4v) is 6.56. The van der Waals surface area contributed by atoms with Crippen molar-refractivity contribution >= 4 is 10.0 Å². The Morgan fingerprint density at radius 3 is 2.66 bits per heavy atom. The first-order chi connectivity index (χ1) is 14.0. The molecule has 0 unspecified atom stereocenters. The topological polar surface area (TPSA) is 73.7 Å². The summed E-state index contributed by atoms with van der Waals surface area (Å²) in [4.78, 5) is 0.265. The molecule has 1 fully saturated rings. The van der Waals surface area contributed by atoms with Crippen LogP contribution in [0.3, 0.4) is 0 Å². The number of aryl methyl sites for hydroxylation is 1. The van der Waals surface area contributed by atoms with Gasteiger partial charge in [-0.1, -0.05) is 12.8 Å². The molecule has 3 aliphatic rings. The normalized spacial score (nSPS) is 19.1. The van der Waals surface area contributed by atoms with Crippen LogP contribution in [0.5, 0.6) is 11.5 Å². The molecule has 7 nitrogen and oxygen atoms in total. The van der Waals surface area contributed by atoms with Crippen molar-refractivity contribution in [1.82, 2.24) is 14.1 Å². The Bertz CT molecular complexity index is 1020. The molecule has 8 heteroatoms. The maximum Gasteiger partial charge on any atom is 0.243 e. The van der Waals surface area contributed by atoms with E-state index in [1.807, 2.05) is 11.7 Å². The summed E-state index contributed by atoms with van der Waals surface area (Å²) in [6.07, 6.45) is 7.07. The van der Waals surface area contributed by atoms with E-state index in [9.17, 15) is 8.42 Å². The largest absolute Gasteiger partial charge is 0.486 e. The van der Waals surface area contributed by atoms with Gasteiger partial charge in [0.1, 0.15) is 13.2 Å². The van der Waals surface area contributed by atoms with E-state index in [1.165, 1.54) is 11.3 Å². The van der Waals surface area contributed by atoms with E-state index in [-0.39, 0.29) is 10.9 Å². The predicted molar refractivity (Wildman–Crippen MR) is 108 cm³/mol. The first-order valence-corrected chi connectivity index (χ1v) is 11.9. The summed E-state index contributed by atoms with van der Waals surface area (Å²) in [5.41, 5.74) is 3.41. The molecule has 0 radical (unpaired) electrons. The maximum atomic E-state index is 13.7. The van der Waals surface area contributed by atoms with Gasteiger partial charge in [0, 0.05) is 24.8 Å². The molecule has 1 aromatic heterocycles. The summed E-state index contributed by atoms with van der Waals surface area (Å²) < 4.78 is 42.2. The Kier molecular flexibility index (Phi) is 4.78. The van der Waals surface area contributed by atoms with Crippen molar-refractivity contribution in [3.63, 3.8) is 0 Å². The van der Waals surface area contributed by atoms with Crippen LogP contribution >= 0.6 is 0 Å². The molecule has 2 aliphatic carbocycles. The lowest BCUT2D eigenvalue weighted by Gasteiger charge is -2.28. The highest BCUT2D eigenvalue weighted by atomic mass is 32.2. The molecule has 0 atom stereocenters. The minimum Gasteiger partial charge on any atom is -0.486 e. The second-order valence-electron chi connectivity index (χ2n) is 8.14. The standard InChI is InChI=1S/C21H27N3O4S/c1-23-19-8-4-7-17(19)18(22-23)14-24(15-5-2-3-6-15)29(25,26)16-9-10-20-21(13-16)28-12-11-27-20/h9-10,13,15H,2-8,11-12,14H2,1H3. The molecule has 1 aliphatic heterocycles. The third-order valence-electron chi connectivity index (χ3n) is 6.36. The van der Waals surface area contributed by atoms with Crippen LogP contribution in [0.2, 0.25) is 0 Å². The van der Waals surface area contributed by atoms with Gasteiger partial charge < -0.3 is 9.47 Å². The monoisotopic (exact) mass is 417 g/mol. The molecule has 2 heterocycles. The number of benzene rings is 1. The van der Waals surface area contributed by atoms with Gasteiger partial charge in [-0.05, 0) is 49.8 Å². The predicted octanol–water partition coefficient (Wildman–Crippen LogP) is 2.81. The van der Waals surface area contributed by atoms with Crippen molar-refractivity contribution in [2.24, 2.45) is 7.05 Å². The van der Waals surface area contributed by atoms with Crippen molar-refractivity contribution in [2.75, 3.05) is 13.2 Å². The molecule has 0 amide bonds. The summed E-state index contributed by atoms with van der Waals surface area (Å²) in [7, 11) is -1.71. The third-order valence-corrected chi connectivity index (χ3v) is 8.25. The Labute approximate surface area is 171 Å². The summed E-state index contributed by atoms with van der Waals surface area (Å²) in [6.45, 7) is 1.26. The van der Waals surface area contributed by atoms with Crippen LogP contribution in [0.4, 0.5) is 0 Å². The van der Waals surface area contributed by atoms with Crippen molar-refractivity contribution in [3.8, 4) is 11.5 Å². The quantitative estimate of drug-likeness (QED) is 0.748. The molecule has 156 valence electrons. The van der Waals surface area contributed by atoms with Crippen LogP contribution < -0.4 is 9.47 Å². The zero-order chi connectivity index (χ0) is 20.0. The van der Waals surface area contributed by atoms with Crippen LogP contribution in [0.15, 0.2) is 23.1 Å². The third kappa shape index (κ3) is 3.32. The molecule has 0 saturated heterocycles.